The maximum Gasteiger partial charge on any atom is 0.246 e. The molecule has 0 spiro atoms. The van der Waals surface area contributed by atoms with Crippen LogP contribution >= 0.6 is 0 Å². The van der Waals surface area contributed by atoms with Crippen molar-refractivity contribution in [3.63, 3.8) is 0 Å². The van der Waals surface area contributed by atoms with Gasteiger partial charge in [-0.15, -0.1) is 0 Å². The molecule has 3 aromatic carbocycles. The van der Waals surface area contributed by atoms with Gasteiger partial charge in [-0.1, -0.05) is 78.9 Å². The molecule has 3 aromatic rings. The summed E-state index contributed by atoms with van der Waals surface area (Å²) in [6, 6.07) is 22.1. The molecule has 206 valence electrons. The number of hydrogen-bond donors (Lipinski definition) is 2. The van der Waals surface area contributed by atoms with E-state index in [2.05, 4.69) is 5.32 Å². The number of fused-ring (bicyclic) bond motifs is 1. The van der Waals surface area contributed by atoms with Crippen molar-refractivity contribution < 1.29 is 14.4 Å². The van der Waals surface area contributed by atoms with Crippen LogP contribution < -0.4 is 11.1 Å². The van der Waals surface area contributed by atoms with Gasteiger partial charge in [0.2, 0.25) is 17.7 Å². The molecule has 0 fully saturated rings. The Morgan fingerprint density at radius 2 is 1.46 bits per heavy atom. The van der Waals surface area contributed by atoms with Gasteiger partial charge in [0.15, 0.2) is 0 Å². The second-order valence-corrected chi connectivity index (χ2v) is 10.7. The third-order valence-corrected chi connectivity index (χ3v) is 6.88. The molecule has 39 heavy (non-hydrogen) atoms. The number of carbonyl (C=O) groups excluding carboxylic acids is 3. The molecule has 7 nitrogen and oxygen atoms in total. The lowest BCUT2D eigenvalue weighted by molar-refractivity contribution is -0.146. The third kappa shape index (κ3) is 8.26. The Hall–Kier alpha value is -3.97. The maximum absolute atomic E-state index is 14.0. The number of amides is 3. The SMILES string of the molecule is CNC(=O)C(Cc1ccc2ccccc2c1)N(C)C(=O)C(Cc1ccccc1)N(C)C(=O)/C=C/CC(C)(C)N. The number of hydrogen-bond acceptors (Lipinski definition) is 4. The maximum atomic E-state index is 14.0. The molecule has 7 heteroatoms. The van der Waals surface area contributed by atoms with Crippen molar-refractivity contribution in [1.29, 1.82) is 0 Å². The van der Waals surface area contributed by atoms with E-state index in [1.165, 1.54) is 15.9 Å². The van der Waals surface area contributed by atoms with Gasteiger partial charge in [-0.2, -0.15) is 0 Å². The Kier molecular flexibility index (Phi) is 10.0. The van der Waals surface area contributed by atoms with Crippen molar-refractivity contribution in [3.8, 4) is 0 Å². The number of nitrogens with one attached hydrogen (secondary N) is 1. The van der Waals surface area contributed by atoms with Crippen molar-refractivity contribution in [1.82, 2.24) is 15.1 Å². The highest BCUT2D eigenvalue weighted by molar-refractivity contribution is 5.95. The molecule has 0 aliphatic rings. The molecule has 0 aliphatic heterocycles. The van der Waals surface area contributed by atoms with E-state index in [0.717, 1.165) is 21.9 Å². The molecular formula is C32H40N4O3. The number of carbonyl (C=O) groups is 3. The molecule has 0 aromatic heterocycles. The predicted octanol–water partition coefficient (Wildman–Crippen LogP) is 3.71. The summed E-state index contributed by atoms with van der Waals surface area (Å²) in [4.78, 5) is 43.1. The molecule has 0 saturated heterocycles. The van der Waals surface area contributed by atoms with Gasteiger partial charge in [-0.3, -0.25) is 14.4 Å². The highest BCUT2D eigenvalue weighted by atomic mass is 16.2. The summed E-state index contributed by atoms with van der Waals surface area (Å²) in [6.07, 6.45) is 4.38. The van der Waals surface area contributed by atoms with Gasteiger partial charge in [0.25, 0.3) is 0 Å². The first-order valence-corrected chi connectivity index (χ1v) is 13.2. The van der Waals surface area contributed by atoms with Crippen LogP contribution in [-0.4, -0.2) is 66.3 Å². The van der Waals surface area contributed by atoms with Crippen LogP contribution in [-0.2, 0) is 27.2 Å². The fraction of sp³-hybridized carbons (Fsp3) is 0.344. The summed E-state index contributed by atoms with van der Waals surface area (Å²) in [5, 5.41) is 4.88. The Morgan fingerprint density at radius 3 is 2.10 bits per heavy atom. The van der Waals surface area contributed by atoms with Crippen LogP contribution in [0.25, 0.3) is 10.8 Å². The smallest absolute Gasteiger partial charge is 0.246 e. The first-order chi connectivity index (χ1) is 18.5. The van der Waals surface area contributed by atoms with Crippen molar-refractivity contribution in [2.45, 2.75) is 50.7 Å². The van der Waals surface area contributed by atoms with Gasteiger partial charge in [-0.05, 0) is 48.2 Å². The Balaban J connectivity index is 1.89. The van der Waals surface area contributed by atoms with Crippen LogP contribution in [0.15, 0.2) is 84.9 Å². The zero-order valence-corrected chi connectivity index (χ0v) is 23.6. The van der Waals surface area contributed by atoms with Crippen molar-refractivity contribution in [2.24, 2.45) is 5.73 Å². The van der Waals surface area contributed by atoms with Crippen LogP contribution in [0.5, 0.6) is 0 Å². The minimum Gasteiger partial charge on any atom is -0.357 e. The van der Waals surface area contributed by atoms with Crippen molar-refractivity contribution >= 4 is 28.5 Å². The topological polar surface area (TPSA) is 95.7 Å². The molecule has 0 bridgehead atoms. The van der Waals surface area contributed by atoms with E-state index >= 15 is 0 Å². The molecule has 2 unspecified atom stereocenters. The van der Waals surface area contributed by atoms with Gasteiger partial charge in [0.1, 0.15) is 12.1 Å². The van der Waals surface area contributed by atoms with Gasteiger partial charge >= 0.3 is 0 Å². The minimum absolute atomic E-state index is 0.267. The molecule has 0 radical (unpaired) electrons. The normalized spacial score (nSPS) is 13.2. The van der Waals surface area contributed by atoms with E-state index in [4.69, 9.17) is 5.73 Å². The van der Waals surface area contributed by atoms with Crippen molar-refractivity contribution in [2.75, 3.05) is 21.1 Å². The lowest BCUT2D eigenvalue weighted by Crippen LogP contribution is -2.55. The summed E-state index contributed by atoms with van der Waals surface area (Å²) in [5.41, 5.74) is 7.46. The number of likely N-dealkylation sites (N-methyl/N-ethyl adjacent to an activating group) is 3. The molecule has 0 heterocycles. The molecule has 3 amide bonds. The predicted molar refractivity (Wildman–Crippen MR) is 157 cm³/mol. The summed E-state index contributed by atoms with van der Waals surface area (Å²) in [5.74, 6) is -0.874. The van der Waals surface area contributed by atoms with Gasteiger partial charge in [0, 0.05) is 39.5 Å². The van der Waals surface area contributed by atoms with E-state index in [9.17, 15) is 14.4 Å². The number of rotatable bonds is 11. The monoisotopic (exact) mass is 528 g/mol. The highest BCUT2D eigenvalue weighted by Crippen LogP contribution is 2.20. The second-order valence-electron chi connectivity index (χ2n) is 10.7. The number of nitrogens with zero attached hydrogens (tertiary/aromatic N) is 2. The summed E-state index contributed by atoms with van der Waals surface area (Å²) < 4.78 is 0. The molecule has 0 saturated carbocycles. The summed E-state index contributed by atoms with van der Waals surface area (Å²) in [7, 11) is 4.82. The van der Waals surface area contributed by atoms with E-state index in [-0.39, 0.29) is 17.7 Å². The fourth-order valence-corrected chi connectivity index (χ4v) is 4.51. The quantitative estimate of drug-likeness (QED) is 0.371. The van der Waals surface area contributed by atoms with Crippen LogP contribution in [0.4, 0.5) is 0 Å². The molecule has 0 aliphatic carbocycles. The minimum atomic E-state index is -0.802. The van der Waals surface area contributed by atoms with Crippen LogP contribution in [0, 0.1) is 0 Å². The van der Waals surface area contributed by atoms with Crippen LogP contribution in [0.2, 0.25) is 0 Å². The standard InChI is InChI=1S/C32H40N4O3/c1-32(2,33)19-11-16-29(37)35(4)28(21-23-12-7-6-8-13-23)31(39)36(5)27(30(38)34-3)22-24-17-18-25-14-9-10-15-26(25)20-24/h6-18,20,27-28H,19,21-22,33H2,1-5H3,(H,34,38)/b16-11+. The average molecular weight is 529 g/mol. The van der Waals surface area contributed by atoms with Gasteiger partial charge in [0.05, 0.1) is 0 Å². The Morgan fingerprint density at radius 1 is 0.846 bits per heavy atom. The first kappa shape index (κ1) is 29.6. The summed E-state index contributed by atoms with van der Waals surface area (Å²) in [6.45, 7) is 3.77. The van der Waals surface area contributed by atoms with Crippen molar-refractivity contribution in [3.05, 3.63) is 96.1 Å². The average Bonchev–Trinajstić information content (AvgIpc) is 2.92. The van der Waals surface area contributed by atoms with E-state index < -0.39 is 17.6 Å². The van der Waals surface area contributed by atoms with E-state index in [1.807, 2.05) is 86.6 Å². The highest BCUT2D eigenvalue weighted by Gasteiger charge is 2.34. The molecule has 2 atom stereocenters. The Labute approximate surface area is 231 Å². The second kappa shape index (κ2) is 13.2. The number of nitrogens with two attached hydrogens (primary N) is 1. The zero-order valence-electron chi connectivity index (χ0n) is 23.6. The van der Waals surface area contributed by atoms with E-state index in [1.54, 1.807) is 27.2 Å². The van der Waals surface area contributed by atoms with Crippen LogP contribution in [0.3, 0.4) is 0 Å². The number of benzene rings is 3. The fourth-order valence-electron chi connectivity index (χ4n) is 4.51. The lowest BCUT2D eigenvalue weighted by atomic mass is 9.98. The summed E-state index contributed by atoms with van der Waals surface area (Å²) >= 11 is 0. The Bertz CT molecular complexity index is 1310. The molecular weight excluding hydrogens is 488 g/mol. The van der Waals surface area contributed by atoms with E-state index in [0.29, 0.717) is 19.3 Å². The lowest BCUT2D eigenvalue weighted by Gasteiger charge is -2.34. The third-order valence-electron chi connectivity index (χ3n) is 6.88. The van der Waals surface area contributed by atoms with Crippen LogP contribution in [0.1, 0.15) is 31.4 Å². The molecule has 3 rings (SSSR count). The van der Waals surface area contributed by atoms with Gasteiger partial charge < -0.3 is 20.9 Å². The first-order valence-electron chi connectivity index (χ1n) is 13.2. The largest absolute Gasteiger partial charge is 0.357 e. The zero-order chi connectivity index (χ0) is 28.6. The molecule has 3 N–H and O–H groups in total. The van der Waals surface area contributed by atoms with Gasteiger partial charge in [-0.25, -0.2) is 0 Å².